The molecule has 0 bridgehead atoms. The number of benzene rings is 1. The van der Waals surface area contributed by atoms with Crippen LogP contribution in [0.25, 0.3) is 0 Å². The van der Waals surface area contributed by atoms with E-state index < -0.39 is 6.10 Å². The number of fused-ring (bicyclic) bond motifs is 1. The third-order valence-corrected chi connectivity index (χ3v) is 3.98. The Labute approximate surface area is 121 Å². The molecule has 1 atom stereocenters. The van der Waals surface area contributed by atoms with E-state index in [1.807, 2.05) is 18.2 Å². The number of ether oxygens (including phenoxy) is 2. The van der Waals surface area contributed by atoms with E-state index in [1.54, 1.807) is 0 Å². The van der Waals surface area contributed by atoms with Crippen molar-refractivity contribution in [1.82, 2.24) is 4.90 Å². The van der Waals surface area contributed by atoms with Gasteiger partial charge in [0.05, 0.1) is 6.10 Å². The molecule has 112 valence electrons. The lowest BCUT2D eigenvalue weighted by atomic mass is 10.1. The number of likely N-dealkylation sites (N-methyl/N-ethyl adjacent to an activating group) is 1. The van der Waals surface area contributed by atoms with Crippen LogP contribution < -0.4 is 9.47 Å². The van der Waals surface area contributed by atoms with Gasteiger partial charge in [0.15, 0.2) is 11.5 Å². The second kappa shape index (κ2) is 6.95. The van der Waals surface area contributed by atoms with Gasteiger partial charge in [-0.1, -0.05) is 19.9 Å². The standard InChI is InChI=1S/C16H25NO3/c1-4-13(5-2)17(3)11-14(18)12-6-7-15-16(10-12)20-9-8-19-15/h6-7,10,13-14,18H,4-5,8-9,11H2,1-3H3. The molecular formula is C16H25NO3. The van der Waals surface area contributed by atoms with Crippen LogP contribution in [-0.4, -0.2) is 42.9 Å². The Bertz CT molecular complexity index is 432. The first-order chi connectivity index (χ1) is 9.65. The number of aliphatic hydroxyl groups excluding tert-OH is 1. The minimum absolute atomic E-state index is 0.503. The summed E-state index contributed by atoms with van der Waals surface area (Å²) in [4.78, 5) is 2.22. The van der Waals surface area contributed by atoms with Crippen molar-refractivity contribution < 1.29 is 14.6 Å². The highest BCUT2D eigenvalue weighted by atomic mass is 16.6. The molecule has 4 heteroatoms. The second-order valence-electron chi connectivity index (χ2n) is 5.33. The molecular weight excluding hydrogens is 254 g/mol. The first-order valence-electron chi connectivity index (χ1n) is 7.43. The molecule has 0 radical (unpaired) electrons. The number of aliphatic hydroxyl groups is 1. The van der Waals surface area contributed by atoms with Crippen LogP contribution in [0, 0.1) is 0 Å². The van der Waals surface area contributed by atoms with Gasteiger partial charge in [0.1, 0.15) is 13.2 Å². The van der Waals surface area contributed by atoms with E-state index in [-0.39, 0.29) is 0 Å². The van der Waals surface area contributed by atoms with Crippen LogP contribution in [0.4, 0.5) is 0 Å². The Balaban J connectivity index is 2.03. The van der Waals surface area contributed by atoms with Crippen molar-refractivity contribution >= 4 is 0 Å². The Morgan fingerprint density at radius 1 is 1.15 bits per heavy atom. The van der Waals surface area contributed by atoms with Crippen molar-refractivity contribution in [3.05, 3.63) is 23.8 Å². The molecule has 0 aromatic heterocycles. The fourth-order valence-corrected chi connectivity index (χ4v) is 2.71. The molecule has 1 N–H and O–H groups in total. The zero-order valence-electron chi connectivity index (χ0n) is 12.6. The Morgan fingerprint density at radius 3 is 2.45 bits per heavy atom. The van der Waals surface area contributed by atoms with Crippen molar-refractivity contribution in [2.24, 2.45) is 0 Å². The zero-order chi connectivity index (χ0) is 14.5. The van der Waals surface area contributed by atoms with E-state index in [9.17, 15) is 5.11 Å². The Morgan fingerprint density at radius 2 is 1.80 bits per heavy atom. The smallest absolute Gasteiger partial charge is 0.161 e. The fourth-order valence-electron chi connectivity index (χ4n) is 2.71. The van der Waals surface area contributed by atoms with E-state index in [4.69, 9.17) is 9.47 Å². The van der Waals surface area contributed by atoms with Gasteiger partial charge in [0, 0.05) is 12.6 Å². The zero-order valence-corrected chi connectivity index (χ0v) is 12.6. The van der Waals surface area contributed by atoms with Crippen LogP contribution >= 0.6 is 0 Å². The SMILES string of the molecule is CCC(CC)N(C)CC(O)c1ccc2c(c1)OCCO2. The lowest BCUT2D eigenvalue weighted by Crippen LogP contribution is -2.34. The van der Waals surface area contributed by atoms with Gasteiger partial charge in [-0.05, 0) is 37.6 Å². The maximum Gasteiger partial charge on any atom is 0.161 e. The molecule has 0 aliphatic carbocycles. The second-order valence-corrected chi connectivity index (χ2v) is 5.33. The van der Waals surface area contributed by atoms with Gasteiger partial charge in [0.25, 0.3) is 0 Å². The highest BCUT2D eigenvalue weighted by molar-refractivity contribution is 5.44. The molecule has 0 spiro atoms. The van der Waals surface area contributed by atoms with Crippen LogP contribution in [0.3, 0.4) is 0 Å². The maximum absolute atomic E-state index is 10.4. The molecule has 1 aliphatic rings. The molecule has 0 saturated carbocycles. The fraction of sp³-hybridized carbons (Fsp3) is 0.625. The molecule has 1 heterocycles. The summed E-state index contributed by atoms with van der Waals surface area (Å²) in [5.74, 6) is 1.50. The van der Waals surface area contributed by atoms with E-state index in [1.165, 1.54) is 0 Å². The van der Waals surface area contributed by atoms with Crippen LogP contribution in [0.5, 0.6) is 11.5 Å². The third kappa shape index (κ3) is 3.44. The van der Waals surface area contributed by atoms with Gasteiger partial charge >= 0.3 is 0 Å². The predicted molar refractivity (Wildman–Crippen MR) is 79.4 cm³/mol. The highest BCUT2D eigenvalue weighted by Gasteiger charge is 2.18. The summed E-state index contributed by atoms with van der Waals surface area (Å²) < 4.78 is 11.1. The molecule has 1 unspecified atom stereocenters. The van der Waals surface area contributed by atoms with E-state index >= 15 is 0 Å². The van der Waals surface area contributed by atoms with Gasteiger partial charge in [-0.15, -0.1) is 0 Å². The summed E-state index contributed by atoms with van der Waals surface area (Å²) in [6.07, 6.45) is 1.69. The monoisotopic (exact) mass is 279 g/mol. The topological polar surface area (TPSA) is 41.9 Å². The van der Waals surface area contributed by atoms with Crippen LogP contribution in [0.1, 0.15) is 38.4 Å². The summed E-state index contributed by atoms with van der Waals surface area (Å²) in [5.41, 5.74) is 0.882. The number of hydrogen-bond donors (Lipinski definition) is 1. The number of hydrogen-bond acceptors (Lipinski definition) is 4. The summed E-state index contributed by atoms with van der Waals surface area (Å²) in [6.45, 7) is 6.15. The van der Waals surface area contributed by atoms with Gasteiger partial charge < -0.3 is 19.5 Å². The lowest BCUT2D eigenvalue weighted by molar-refractivity contribution is 0.100. The van der Waals surface area contributed by atoms with Crippen molar-refractivity contribution in [2.45, 2.75) is 38.8 Å². The van der Waals surface area contributed by atoms with Crippen molar-refractivity contribution in [2.75, 3.05) is 26.8 Å². The van der Waals surface area contributed by atoms with Gasteiger partial charge in [-0.25, -0.2) is 0 Å². The normalized spacial score (nSPS) is 15.7. The third-order valence-electron chi connectivity index (χ3n) is 3.98. The first-order valence-corrected chi connectivity index (χ1v) is 7.43. The molecule has 0 saturated heterocycles. The molecule has 20 heavy (non-hydrogen) atoms. The molecule has 1 aromatic carbocycles. The minimum Gasteiger partial charge on any atom is -0.486 e. The van der Waals surface area contributed by atoms with E-state index in [2.05, 4.69) is 25.8 Å². The molecule has 0 fully saturated rings. The van der Waals surface area contributed by atoms with Crippen molar-refractivity contribution in [3.63, 3.8) is 0 Å². The molecule has 2 rings (SSSR count). The van der Waals surface area contributed by atoms with Crippen molar-refractivity contribution in [1.29, 1.82) is 0 Å². The van der Waals surface area contributed by atoms with Gasteiger partial charge in [-0.2, -0.15) is 0 Å². The first kappa shape index (κ1) is 15.1. The summed E-state index contributed by atoms with van der Waals surface area (Å²) in [5, 5.41) is 10.4. The molecule has 1 aliphatic heterocycles. The summed E-state index contributed by atoms with van der Waals surface area (Å²) >= 11 is 0. The highest BCUT2D eigenvalue weighted by Crippen LogP contribution is 2.32. The minimum atomic E-state index is -0.503. The molecule has 4 nitrogen and oxygen atoms in total. The lowest BCUT2D eigenvalue weighted by Gasteiger charge is -2.28. The maximum atomic E-state index is 10.4. The average molecular weight is 279 g/mol. The Kier molecular flexibility index (Phi) is 5.26. The molecule has 1 aromatic rings. The number of nitrogens with zero attached hydrogens (tertiary/aromatic N) is 1. The van der Waals surface area contributed by atoms with E-state index in [0.717, 1.165) is 29.9 Å². The van der Waals surface area contributed by atoms with Gasteiger partial charge in [-0.3, -0.25) is 0 Å². The van der Waals surface area contributed by atoms with Crippen molar-refractivity contribution in [3.8, 4) is 11.5 Å². The van der Waals surface area contributed by atoms with Gasteiger partial charge in [0.2, 0.25) is 0 Å². The quantitative estimate of drug-likeness (QED) is 0.869. The number of rotatable bonds is 6. The largest absolute Gasteiger partial charge is 0.486 e. The summed E-state index contributed by atoms with van der Waals surface area (Å²) in [7, 11) is 2.07. The predicted octanol–water partition coefficient (Wildman–Crippen LogP) is 2.61. The van der Waals surface area contributed by atoms with E-state index in [0.29, 0.717) is 25.8 Å². The van der Waals surface area contributed by atoms with Crippen LogP contribution in [0.15, 0.2) is 18.2 Å². The summed E-state index contributed by atoms with van der Waals surface area (Å²) in [6, 6.07) is 6.20. The van der Waals surface area contributed by atoms with Crippen LogP contribution in [-0.2, 0) is 0 Å². The molecule has 0 amide bonds. The van der Waals surface area contributed by atoms with Crippen LogP contribution in [0.2, 0.25) is 0 Å². The average Bonchev–Trinajstić information content (AvgIpc) is 2.48. The Hall–Kier alpha value is -1.26.